The molecule has 0 bridgehead atoms. The number of hydrogen-bond donors (Lipinski definition) is 1. The molecule has 0 aliphatic heterocycles. The van der Waals surface area contributed by atoms with Gasteiger partial charge < -0.3 is 5.11 Å². The van der Waals surface area contributed by atoms with Crippen LogP contribution < -0.4 is 0 Å². The van der Waals surface area contributed by atoms with Crippen molar-refractivity contribution in [3.05, 3.63) is 0 Å². The zero-order valence-electron chi connectivity index (χ0n) is 7.77. The van der Waals surface area contributed by atoms with Crippen LogP contribution in [0.3, 0.4) is 0 Å². The molecule has 0 radical (unpaired) electrons. The monoisotopic (exact) mass is 148 g/mol. The van der Waals surface area contributed by atoms with Crippen LogP contribution >= 0.6 is 0 Å². The molecule has 0 unspecified atom stereocenters. The van der Waals surface area contributed by atoms with Crippen LogP contribution in [-0.2, 0) is 4.79 Å². The molecule has 0 aromatic carbocycles. The van der Waals surface area contributed by atoms with Gasteiger partial charge in [0, 0.05) is 6.92 Å². The van der Waals surface area contributed by atoms with Crippen molar-refractivity contribution in [2.24, 2.45) is 0 Å². The van der Waals surface area contributed by atoms with Gasteiger partial charge in [-0.25, -0.2) is 0 Å². The first kappa shape index (κ1) is 16.2. The Kier molecular flexibility index (Phi) is 38.4. The van der Waals surface area contributed by atoms with E-state index in [9.17, 15) is 0 Å². The summed E-state index contributed by atoms with van der Waals surface area (Å²) in [4.78, 5) is 9.00. The van der Waals surface area contributed by atoms with Crippen LogP contribution in [0.2, 0.25) is 0 Å². The average molecular weight is 148 g/mol. The molecule has 0 saturated heterocycles. The van der Waals surface area contributed by atoms with Gasteiger partial charge in [0.25, 0.3) is 5.97 Å². The largest absolute Gasteiger partial charge is 0.481 e. The number of carboxylic acid groups (broad SMARTS) is 1. The highest BCUT2D eigenvalue weighted by Gasteiger charge is 1.65. The summed E-state index contributed by atoms with van der Waals surface area (Å²) in [6.45, 7) is 9.44. The van der Waals surface area contributed by atoms with Gasteiger partial charge in [0.1, 0.15) is 0 Å². The standard InChI is InChI=1S/C4H10.C2H4O2.C2H6/c1-3-4-2;1-2(3)4;1-2/h3-4H2,1-2H3;1H3,(H,3,4);1-2H3. The van der Waals surface area contributed by atoms with Gasteiger partial charge in [-0.2, -0.15) is 0 Å². The van der Waals surface area contributed by atoms with Crippen LogP contribution in [-0.4, -0.2) is 11.1 Å². The van der Waals surface area contributed by atoms with E-state index in [1.165, 1.54) is 12.8 Å². The van der Waals surface area contributed by atoms with Crippen LogP contribution in [0.25, 0.3) is 0 Å². The molecule has 1 N–H and O–H groups in total. The van der Waals surface area contributed by atoms with Gasteiger partial charge in [-0.1, -0.05) is 40.5 Å². The number of hydrogen-bond acceptors (Lipinski definition) is 1. The van der Waals surface area contributed by atoms with E-state index in [2.05, 4.69) is 13.8 Å². The van der Waals surface area contributed by atoms with Crippen molar-refractivity contribution in [2.75, 3.05) is 0 Å². The Hall–Kier alpha value is -0.530. The van der Waals surface area contributed by atoms with E-state index in [1.54, 1.807) is 0 Å². The molecule has 0 saturated carbocycles. The molecule has 0 aromatic heterocycles. The molecule has 2 heteroatoms. The highest BCUT2D eigenvalue weighted by atomic mass is 16.4. The third kappa shape index (κ3) is 1420. The number of aliphatic carboxylic acids is 1. The van der Waals surface area contributed by atoms with E-state index in [-0.39, 0.29) is 0 Å². The molecular weight excluding hydrogens is 128 g/mol. The molecule has 0 amide bonds. The maximum absolute atomic E-state index is 9.00. The lowest BCUT2D eigenvalue weighted by molar-refractivity contribution is -0.134. The summed E-state index contributed by atoms with van der Waals surface area (Å²) in [6, 6.07) is 0. The van der Waals surface area contributed by atoms with Crippen LogP contribution in [0, 0.1) is 0 Å². The Labute approximate surface area is 64.3 Å². The minimum absolute atomic E-state index is 0.833. The topological polar surface area (TPSA) is 37.3 Å². The molecule has 0 spiro atoms. The fourth-order valence-corrected chi connectivity index (χ4v) is 0. The number of carboxylic acids is 1. The maximum atomic E-state index is 9.00. The Morgan fingerprint density at radius 3 is 1.30 bits per heavy atom. The van der Waals surface area contributed by atoms with E-state index in [0.29, 0.717) is 0 Å². The van der Waals surface area contributed by atoms with E-state index in [4.69, 9.17) is 9.90 Å². The van der Waals surface area contributed by atoms with Crippen LogP contribution in [0.1, 0.15) is 47.5 Å². The van der Waals surface area contributed by atoms with Crippen molar-refractivity contribution >= 4 is 5.97 Å². The van der Waals surface area contributed by atoms with E-state index in [1.807, 2.05) is 13.8 Å². The molecule has 64 valence electrons. The quantitative estimate of drug-likeness (QED) is 0.620. The van der Waals surface area contributed by atoms with E-state index < -0.39 is 5.97 Å². The van der Waals surface area contributed by atoms with E-state index >= 15 is 0 Å². The second-order valence-corrected chi connectivity index (χ2v) is 1.52. The zero-order valence-corrected chi connectivity index (χ0v) is 7.77. The summed E-state index contributed by atoms with van der Waals surface area (Å²) in [6.07, 6.45) is 2.64. The SMILES string of the molecule is CC.CC(=O)O.CCCC. The second-order valence-electron chi connectivity index (χ2n) is 1.52. The maximum Gasteiger partial charge on any atom is 0.300 e. The summed E-state index contributed by atoms with van der Waals surface area (Å²) in [5, 5.41) is 7.42. The summed E-state index contributed by atoms with van der Waals surface area (Å²) in [5.74, 6) is -0.833. The lowest BCUT2D eigenvalue weighted by atomic mass is 10.4. The van der Waals surface area contributed by atoms with Crippen molar-refractivity contribution in [1.29, 1.82) is 0 Å². The molecule has 0 aromatic rings. The van der Waals surface area contributed by atoms with Gasteiger partial charge in [0.2, 0.25) is 0 Å². The zero-order chi connectivity index (χ0) is 8.99. The van der Waals surface area contributed by atoms with Crippen molar-refractivity contribution in [3.63, 3.8) is 0 Å². The Morgan fingerprint density at radius 2 is 1.30 bits per heavy atom. The minimum Gasteiger partial charge on any atom is -0.481 e. The van der Waals surface area contributed by atoms with Crippen molar-refractivity contribution in [3.8, 4) is 0 Å². The summed E-state index contributed by atoms with van der Waals surface area (Å²) in [5.41, 5.74) is 0. The second kappa shape index (κ2) is 23.7. The fourth-order valence-electron chi connectivity index (χ4n) is 0. The Bertz CT molecular complexity index is 45.2. The van der Waals surface area contributed by atoms with Gasteiger partial charge in [-0.3, -0.25) is 4.79 Å². The summed E-state index contributed by atoms with van der Waals surface area (Å²) < 4.78 is 0. The molecular formula is C8H20O2. The van der Waals surface area contributed by atoms with E-state index in [0.717, 1.165) is 6.92 Å². The van der Waals surface area contributed by atoms with Crippen molar-refractivity contribution in [1.82, 2.24) is 0 Å². The van der Waals surface area contributed by atoms with Gasteiger partial charge in [-0.15, -0.1) is 0 Å². The van der Waals surface area contributed by atoms with Gasteiger partial charge in [0.15, 0.2) is 0 Å². The smallest absolute Gasteiger partial charge is 0.300 e. The van der Waals surface area contributed by atoms with Gasteiger partial charge in [-0.05, 0) is 0 Å². The number of unbranched alkanes of at least 4 members (excludes halogenated alkanes) is 1. The normalized spacial score (nSPS) is 6.10. The lowest BCUT2D eigenvalue weighted by Gasteiger charge is -1.68. The molecule has 0 aliphatic carbocycles. The van der Waals surface area contributed by atoms with Crippen LogP contribution in [0.5, 0.6) is 0 Å². The number of carbonyl (C=O) groups is 1. The predicted octanol–water partition coefficient (Wildman–Crippen LogP) is 2.92. The first-order valence-corrected chi connectivity index (χ1v) is 3.84. The van der Waals surface area contributed by atoms with Gasteiger partial charge in [0.05, 0.1) is 0 Å². The first-order valence-electron chi connectivity index (χ1n) is 3.84. The van der Waals surface area contributed by atoms with Crippen LogP contribution in [0.15, 0.2) is 0 Å². The first-order chi connectivity index (χ1) is 4.65. The molecule has 0 heterocycles. The van der Waals surface area contributed by atoms with Gasteiger partial charge >= 0.3 is 0 Å². The Balaban J connectivity index is -0.0000000787. The number of rotatable bonds is 1. The highest BCUT2D eigenvalue weighted by Crippen LogP contribution is 1.76. The molecule has 0 rings (SSSR count). The molecule has 2 nitrogen and oxygen atoms in total. The third-order valence-corrected chi connectivity index (χ3v) is 0.500. The molecule has 0 atom stereocenters. The van der Waals surface area contributed by atoms with Crippen molar-refractivity contribution in [2.45, 2.75) is 47.5 Å². The average Bonchev–Trinajstić information content (AvgIpc) is 1.91. The molecule has 0 fully saturated rings. The third-order valence-electron chi connectivity index (χ3n) is 0.500. The summed E-state index contributed by atoms with van der Waals surface area (Å²) in [7, 11) is 0. The predicted molar refractivity (Wildman–Crippen MR) is 45.2 cm³/mol. The fraction of sp³-hybridized carbons (Fsp3) is 0.875. The molecule has 10 heavy (non-hydrogen) atoms. The highest BCUT2D eigenvalue weighted by molar-refractivity contribution is 5.62. The Morgan fingerprint density at radius 1 is 1.20 bits per heavy atom. The van der Waals surface area contributed by atoms with Crippen molar-refractivity contribution < 1.29 is 9.90 Å². The lowest BCUT2D eigenvalue weighted by Crippen LogP contribution is -1.78. The molecule has 0 aliphatic rings. The minimum atomic E-state index is -0.833. The summed E-state index contributed by atoms with van der Waals surface area (Å²) >= 11 is 0. The van der Waals surface area contributed by atoms with Crippen LogP contribution in [0.4, 0.5) is 0 Å².